The molecular formula is C12H27NO. The van der Waals surface area contributed by atoms with Crippen molar-refractivity contribution in [3.63, 3.8) is 0 Å². The fraction of sp³-hybridized carbons (Fsp3) is 1.00. The fourth-order valence-corrected chi connectivity index (χ4v) is 1.57. The lowest BCUT2D eigenvalue weighted by Gasteiger charge is -2.15. The molecule has 0 saturated carbocycles. The van der Waals surface area contributed by atoms with E-state index >= 15 is 0 Å². The number of hydrogen-bond acceptors (Lipinski definition) is 2. The molecule has 1 N–H and O–H groups in total. The number of rotatable bonds is 10. The van der Waals surface area contributed by atoms with Crippen LogP contribution in [0.2, 0.25) is 0 Å². The van der Waals surface area contributed by atoms with Crippen molar-refractivity contribution in [1.29, 1.82) is 0 Å². The van der Waals surface area contributed by atoms with Gasteiger partial charge in [-0.25, -0.2) is 0 Å². The van der Waals surface area contributed by atoms with Gasteiger partial charge in [-0.2, -0.15) is 0 Å². The van der Waals surface area contributed by atoms with Crippen LogP contribution >= 0.6 is 0 Å². The van der Waals surface area contributed by atoms with Crippen LogP contribution in [0.4, 0.5) is 0 Å². The molecule has 0 aromatic carbocycles. The molecule has 86 valence electrons. The minimum atomic E-state index is 0.552. The van der Waals surface area contributed by atoms with Crippen LogP contribution in [-0.4, -0.2) is 26.3 Å². The molecule has 0 rings (SSSR count). The van der Waals surface area contributed by atoms with Gasteiger partial charge < -0.3 is 10.1 Å². The highest BCUT2D eigenvalue weighted by atomic mass is 16.5. The molecule has 0 aromatic heterocycles. The second-order valence-corrected chi connectivity index (χ2v) is 3.85. The number of unbranched alkanes of at least 4 members (excludes halogenated alkanes) is 4. The minimum absolute atomic E-state index is 0.552. The van der Waals surface area contributed by atoms with Gasteiger partial charge >= 0.3 is 0 Å². The largest absolute Gasteiger partial charge is 0.380 e. The van der Waals surface area contributed by atoms with Crippen molar-refractivity contribution in [2.45, 2.75) is 58.4 Å². The Morgan fingerprint density at radius 1 is 1.07 bits per heavy atom. The Kier molecular flexibility index (Phi) is 10.9. The van der Waals surface area contributed by atoms with E-state index in [0.29, 0.717) is 6.04 Å². The van der Waals surface area contributed by atoms with Gasteiger partial charge in [-0.05, 0) is 20.4 Å². The highest BCUT2D eigenvalue weighted by Gasteiger charge is 2.04. The van der Waals surface area contributed by atoms with Crippen molar-refractivity contribution in [3.05, 3.63) is 0 Å². The van der Waals surface area contributed by atoms with Crippen LogP contribution in [0.3, 0.4) is 0 Å². The third-order valence-electron chi connectivity index (χ3n) is 2.59. The average molecular weight is 201 g/mol. The van der Waals surface area contributed by atoms with Crippen molar-refractivity contribution in [2.24, 2.45) is 0 Å². The molecule has 0 aliphatic heterocycles. The molecule has 0 radical (unpaired) electrons. The van der Waals surface area contributed by atoms with Gasteiger partial charge in [0.05, 0.1) is 6.61 Å². The Balaban J connectivity index is 3.24. The van der Waals surface area contributed by atoms with Gasteiger partial charge in [0, 0.05) is 12.6 Å². The number of likely N-dealkylation sites (N-methyl/N-ethyl adjacent to an activating group) is 1. The molecule has 0 aromatic rings. The lowest BCUT2D eigenvalue weighted by Crippen LogP contribution is -2.30. The smallest absolute Gasteiger partial charge is 0.0619 e. The molecule has 0 aliphatic rings. The molecule has 14 heavy (non-hydrogen) atoms. The van der Waals surface area contributed by atoms with Crippen LogP contribution in [-0.2, 0) is 4.74 Å². The first kappa shape index (κ1) is 13.9. The summed E-state index contributed by atoms with van der Waals surface area (Å²) in [5.41, 5.74) is 0. The lowest BCUT2D eigenvalue weighted by atomic mass is 10.1. The normalized spacial score (nSPS) is 13.1. The van der Waals surface area contributed by atoms with Crippen LogP contribution in [0, 0.1) is 0 Å². The SMILES string of the molecule is CCCCCCCC(COCC)NC. The zero-order chi connectivity index (χ0) is 10.6. The first-order valence-corrected chi connectivity index (χ1v) is 6.10. The van der Waals surface area contributed by atoms with Crippen molar-refractivity contribution < 1.29 is 4.74 Å². The van der Waals surface area contributed by atoms with Crippen LogP contribution < -0.4 is 5.32 Å². The van der Waals surface area contributed by atoms with Gasteiger partial charge in [-0.1, -0.05) is 39.0 Å². The maximum atomic E-state index is 5.40. The Morgan fingerprint density at radius 2 is 1.79 bits per heavy atom. The van der Waals surface area contributed by atoms with Crippen LogP contribution in [0.15, 0.2) is 0 Å². The van der Waals surface area contributed by atoms with Crippen molar-refractivity contribution in [3.8, 4) is 0 Å². The van der Waals surface area contributed by atoms with E-state index in [1.807, 2.05) is 14.0 Å². The van der Waals surface area contributed by atoms with Crippen molar-refractivity contribution in [1.82, 2.24) is 5.32 Å². The minimum Gasteiger partial charge on any atom is -0.380 e. The summed E-state index contributed by atoms with van der Waals surface area (Å²) in [4.78, 5) is 0. The topological polar surface area (TPSA) is 21.3 Å². The fourth-order valence-electron chi connectivity index (χ4n) is 1.57. The molecule has 0 saturated heterocycles. The maximum absolute atomic E-state index is 5.40. The van der Waals surface area contributed by atoms with Gasteiger partial charge in [0.2, 0.25) is 0 Å². The summed E-state index contributed by atoms with van der Waals surface area (Å²) in [5, 5.41) is 3.30. The van der Waals surface area contributed by atoms with Gasteiger partial charge in [0.1, 0.15) is 0 Å². The zero-order valence-corrected chi connectivity index (χ0v) is 10.1. The Labute approximate surface area is 89.4 Å². The summed E-state index contributed by atoms with van der Waals surface area (Å²) in [5.74, 6) is 0. The maximum Gasteiger partial charge on any atom is 0.0619 e. The number of nitrogens with one attached hydrogen (secondary N) is 1. The molecule has 2 heteroatoms. The molecule has 0 aliphatic carbocycles. The van der Waals surface area contributed by atoms with E-state index in [4.69, 9.17) is 4.74 Å². The van der Waals surface area contributed by atoms with Gasteiger partial charge in [0.25, 0.3) is 0 Å². The lowest BCUT2D eigenvalue weighted by molar-refractivity contribution is 0.121. The molecule has 1 atom stereocenters. The third-order valence-corrected chi connectivity index (χ3v) is 2.59. The molecule has 1 unspecified atom stereocenters. The molecule has 0 bridgehead atoms. The second-order valence-electron chi connectivity index (χ2n) is 3.85. The second kappa shape index (κ2) is 11.0. The van der Waals surface area contributed by atoms with Crippen molar-refractivity contribution >= 4 is 0 Å². The van der Waals surface area contributed by atoms with Crippen LogP contribution in [0.1, 0.15) is 52.4 Å². The van der Waals surface area contributed by atoms with Crippen LogP contribution in [0.5, 0.6) is 0 Å². The third kappa shape index (κ3) is 8.52. The molecule has 0 spiro atoms. The molecule has 0 amide bonds. The summed E-state index contributed by atoms with van der Waals surface area (Å²) in [6.07, 6.45) is 8.06. The van der Waals surface area contributed by atoms with Crippen LogP contribution in [0.25, 0.3) is 0 Å². The quantitative estimate of drug-likeness (QED) is 0.549. The predicted molar refractivity (Wildman–Crippen MR) is 62.7 cm³/mol. The first-order chi connectivity index (χ1) is 6.85. The molecule has 0 heterocycles. The summed E-state index contributed by atoms with van der Waals surface area (Å²) < 4.78 is 5.40. The molecule has 2 nitrogen and oxygen atoms in total. The van der Waals surface area contributed by atoms with Gasteiger partial charge in [0.15, 0.2) is 0 Å². The van der Waals surface area contributed by atoms with E-state index in [1.54, 1.807) is 0 Å². The summed E-state index contributed by atoms with van der Waals surface area (Å²) in [6.45, 7) is 5.99. The van der Waals surface area contributed by atoms with E-state index < -0.39 is 0 Å². The Morgan fingerprint density at radius 3 is 2.36 bits per heavy atom. The monoisotopic (exact) mass is 201 g/mol. The van der Waals surface area contributed by atoms with E-state index in [1.165, 1.54) is 38.5 Å². The van der Waals surface area contributed by atoms with E-state index in [-0.39, 0.29) is 0 Å². The molecular weight excluding hydrogens is 174 g/mol. The summed E-state index contributed by atoms with van der Waals surface area (Å²) in [7, 11) is 2.02. The Hall–Kier alpha value is -0.0800. The van der Waals surface area contributed by atoms with Gasteiger partial charge in [-0.15, -0.1) is 0 Å². The van der Waals surface area contributed by atoms with Crippen molar-refractivity contribution in [2.75, 3.05) is 20.3 Å². The first-order valence-electron chi connectivity index (χ1n) is 6.10. The molecule has 0 fully saturated rings. The zero-order valence-electron chi connectivity index (χ0n) is 10.1. The highest BCUT2D eigenvalue weighted by molar-refractivity contribution is 4.63. The summed E-state index contributed by atoms with van der Waals surface area (Å²) >= 11 is 0. The average Bonchev–Trinajstić information content (AvgIpc) is 2.22. The summed E-state index contributed by atoms with van der Waals surface area (Å²) in [6, 6.07) is 0.552. The standard InChI is InChI=1S/C12H27NO/c1-4-6-7-8-9-10-12(13-3)11-14-5-2/h12-13H,4-11H2,1-3H3. The highest BCUT2D eigenvalue weighted by Crippen LogP contribution is 2.07. The number of hydrogen-bond donors (Lipinski definition) is 1. The van der Waals surface area contributed by atoms with Gasteiger partial charge in [-0.3, -0.25) is 0 Å². The van der Waals surface area contributed by atoms with E-state index in [0.717, 1.165) is 13.2 Å². The predicted octanol–water partition coefficient (Wildman–Crippen LogP) is 2.97. The Bertz CT molecular complexity index is 106. The number of ether oxygens (including phenoxy) is 1. The van der Waals surface area contributed by atoms with E-state index in [2.05, 4.69) is 12.2 Å². The van der Waals surface area contributed by atoms with E-state index in [9.17, 15) is 0 Å².